The molecule has 19 heavy (non-hydrogen) atoms. The molecule has 2 rings (SSSR count). The predicted molar refractivity (Wildman–Crippen MR) is 77.8 cm³/mol. The monoisotopic (exact) mass is 406 g/mol. The van der Waals surface area contributed by atoms with Gasteiger partial charge in [-0.1, -0.05) is 11.6 Å². The van der Waals surface area contributed by atoms with Gasteiger partial charge in [0, 0.05) is 22.8 Å². The van der Waals surface area contributed by atoms with Crippen LogP contribution in [0.5, 0.6) is 11.6 Å². The molecule has 1 aromatic carbocycles. The Kier molecular flexibility index (Phi) is 4.38. The lowest BCUT2D eigenvalue weighted by molar-refractivity contribution is -0.384. The summed E-state index contributed by atoms with van der Waals surface area (Å²) in [5, 5.41) is 10.6. The van der Waals surface area contributed by atoms with Crippen LogP contribution in [-0.2, 0) is 0 Å². The number of halogens is 3. The van der Waals surface area contributed by atoms with Gasteiger partial charge in [-0.15, -0.1) is 0 Å². The maximum absolute atomic E-state index is 10.6. The van der Waals surface area contributed by atoms with E-state index in [4.69, 9.17) is 16.3 Å². The van der Waals surface area contributed by atoms with Crippen LogP contribution >= 0.6 is 43.5 Å². The summed E-state index contributed by atoms with van der Waals surface area (Å²) < 4.78 is 6.94. The number of pyridine rings is 1. The molecule has 1 aromatic heterocycles. The van der Waals surface area contributed by atoms with Gasteiger partial charge in [-0.05, 0) is 44.0 Å². The number of ether oxygens (including phenoxy) is 1. The topological polar surface area (TPSA) is 65.3 Å². The van der Waals surface area contributed by atoms with Gasteiger partial charge in [-0.3, -0.25) is 10.1 Å². The maximum atomic E-state index is 10.6. The average molecular weight is 408 g/mol. The van der Waals surface area contributed by atoms with Crippen molar-refractivity contribution in [2.24, 2.45) is 0 Å². The van der Waals surface area contributed by atoms with E-state index in [-0.39, 0.29) is 10.7 Å². The van der Waals surface area contributed by atoms with Crippen molar-refractivity contribution in [3.63, 3.8) is 0 Å². The van der Waals surface area contributed by atoms with E-state index >= 15 is 0 Å². The Hall–Kier alpha value is -1.18. The quantitative estimate of drug-likeness (QED) is 0.532. The largest absolute Gasteiger partial charge is 0.438 e. The molecule has 5 nitrogen and oxygen atoms in total. The smallest absolute Gasteiger partial charge is 0.288 e. The van der Waals surface area contributed by atoms with Crippen molar-refractivity contribution in [1.82, 2.24) is 4.98 Å². The summed E-state index contributed by atoms with van der Waals surface area (Å²) >= 11 is 12.4. The van der Waals surface area contributed by atoms with Crippen molar-refractivity contribution in [1.29, 1.82) is 0 Å². The fourth-order valence-electron chi connectivity index (χ4n) is 1.29. The molecule has 0 atom stereocenters. The van der Waals surface area contributed by atoms with Crippen molar-refractivity contribution >= 4 is 49.1 Å². The normalized spacial score (nSPS) is 10.3. The highest BCUT2D eigenvalue weighted by atomic mass is 79.9. The molecule has 0 fully saturated rings. The van der Waals surface area contributed by atoms with Gasteiger partial charge in [0.2, 0.25) is 5.88 Å². The van der Waals surface area contributed by atoms with Gasteiger partial charge in [0.1, 0.15) is 10.8 Å². The fourth-order valence-corrected chi connectivity index (χ4v) is 2.60. The van der Waals surface area contributed by atoms with Gasteiger partial charge in [0.05, 0.1) is 9.40 Å². The van der Waals surface area contributed by atoms with Gasteiger partial charge in [-0.2, -0.15) is 0 Å². The molecule has 0 aliphatic heterocycles. The Balaban J connectivity index is 2.29. The van der Waals surface area contributed by atoms with Crippen LogP contribution in [0.1, 0.15) is 0 Å². The summed E-state index contributed by atoms with van der Waals surface area (Å²) in [6, 6.07) is 5.88. The zero-order chi connectivity index (χ0) is 14.0. The molecule has 0 aliphatic rings. The lowest BCUT2D eigenvalue weighted by Gasteiger charge is -2.07. The second-order valence-corrected chi connectivity index (χ2v) is 5.59. The summed E-state index contributed by atoms with van der Waals surface area (Å²) in [5.74, 6) is 0.708. The Labute approximate surface area is 130 Å². The molecule has 2 aromatic rings. The molecule has 0 bridgehead atoms. The van der Waals surface area contributed by atoms with Crippen LogP contribution in [0.3, 0.4) is 0 Å². The lowest BCUT2D eigenvalue weighted by atomic mass is 10.3. The van der Waals surface area contributed by atoms with Crippen LogP contribution in [-0.4, -0.2) is 9.91 Å². The van der Waals surface area contributed by atoms with Gasteiger partial charge < -0.3 is 4.74 Å². The van der Waals surface area contributed by atoms with Crippen molar-refractivity contribution in [2.45, 2.75) is 0 Å². The Morgan fingerprint density at radius 2 is 2.05 bits per heavy atom. The third kappa shape index (κ3) is 3.43. The van der Waals surface area contributed by atoms with Crippen LogP contribution in [0.15, 0.2) is 39.4 Å². The minimum Gasteiger partial charge on any atom is -0.438 e. The number of nitro groups is 1. The van der Waals surface area contributed by atoms with E-state index in [0.29, 0.717) is 16.1 Å². The second-order valence-electron chi connectivity index (χ2n) is 3.41. The average Bonchev–Trinajstić information content (AvgIpc) is 2.32. The molecule has 0 unspecified atom stereocenters. The van der Waals surface area contributed by atoms with E-state index in [9.17, 15) is 10.1 Å². The summed E-state index contributed by atoms with van der Waals surface area (Å²) in [5.41, 5.74) is -0.170. The first-order valence-corrected chi connectivity index (χ1v) is 6.86. The van der Waals surface area contributed by atoms with E-state index in [1.807, 2.05) is 0 Å². The number of benzene rings is 1. The minimum absolute atomic E-state index is 0.00994. The van der Waals surface area contributed by atoms with Crippen LogP contribution in [0.4, 0.5) is 5.69 Å². The number of nitrogens with zero attached hydrogens (tertiary/aromatic N) is 2. The van der Waals surface area contributed by atoms with E-state index in [1.165, 1.54) is 18.2 Å². The standard InChI is InChI=1S/C11H5Br2ClN2O3/c12-6-3-8(13)11(15-5-6)19-7-1-2-10(16(17)18)9(14)4-7/h1-5H. The highest BCUT2D eigenvalue weighted by molar-refractivity contribution is 9.11. The molecule has 98 valence electrons. The molecule has 0 radical (unpaired) electrons. The minimum atomic E-state index is -0.556. The fraction of sp³-hybridized carbons (Fsp3) is 0. The molecule has 0 saturated heterocycles. The molecular weight excluding hydrogens is 403 g/mol. The summed E-state index contributed by atoms with van der Waals surface area (Å²) in [7, 11) is 0. The van der Waals surface area contributed by atoms with Gasteiger partial charge in [0.25, 0.3) is 5.69 Å². The zero-order valence-corrected chi connectivity index (χ0v) is 13.1. The highest BCUT2D eigenvalue weighted by Gasteiger charge is 2.13. The Morgan fingerprint density at radius 1 is 1.32 bits per heavy atom. The molecule has 0 saturated carbocycles. The molecule has 0 N–H and O–H groups in total. The molecule has 8 heteroatoms. The van der Waals surface area contributed by atoms with Crippen molar-refractivity contribution in [3.05, 3.63) is 54.5 Å². The third-order valence-corrected chi connectivity index (χ3v) is 3.41. The predicted octanol–water partition coefficient (Wildman–Crippen LogP) is 4.96. The van der Waals surface area contributed by atoms with Crippen LogP contribution in [0.25, 0.3) is 0 Å². The highest BCUT2D eigenvalue weighted by Crippen LogP contribution is 2.33. The number of rotatable bonds is 3. The van der Waals surface area contributed by atoms with E-state index in [2.05, 4.69) is 36.8 Å². The second kappa shape index (κ2) is 5.85. The summed E-state index contributed by atoms with van der Waals surface area (Å²) in [6.45, 7) is 0. The summed E-state index contributed by atoms with van der Waals surface area (Å²) in [6.07, 6.45) is 1.58. The first kappa shape index (κ1) is 14.2. The van der Waals surface area contributed by atoms with E-state index in [0.717, 1.165) is 4.47 Å². The molecule has 0 aliphatic carbocycles. The first-order valence-electron chi connectivity index (χ1n) is 4.90. The van der Waals surface area contributed by atoms with Gasteiger partial charge in [-0.25, -0.2) is 4.98 Å². The number of nitro benzene ring substituents is 1. The van der Waals surface area contributed by atoms with Gasteiger partial charge in [0.15, 0.2) is 0 Å². The number of aromatic nitrogens is 1. The van der Waals surface area contributed by atoms with Crippen molar-refractivity contribution < 1.29 is 9.66 Å². The van der Waals surface area contributed by atoms with E-state index < -0.39 is 4.92 Å². The molecule has 1 heterocycles. The van der Waals surface area contributed by atoms with Crippen LogP contribution in [0, 0.1) is 10.1 Å². The lowest BCUT2D eigenvalue weighted by Crippen LogP contribution is -1.92. The third-order valence-electron chi connectivity index (χ3n) is 2.10. The van der Waals surface area contributed by atoms with Crippen LogP contribution < -0.4 is 4.74 Å². The Morgan fingerprint density at radius 3 is 2.63 bits per heavy atom. The van der Waals surface area contributed by atoms with Gasteiger partial charge >= 0.3 is 0 Å². The van der Waals surface area contributed by atoms with Crippen molar-refractivity contribution in [3.8, 4) is 11.6 Å². The van der Waals surface area contributed by atoms with Crippen molar-refractivity contribution in [2.75, 3.05) is 0 Å². The molecule has 0 amide bonds. The SMILES string of the molecule is O=[N+]([O-])c1ccc(Oc2ncc(Br)cc2Br)cc1Cl. The number of hydrogen-bond acceptors (Lipinski definition) is 4. The number of hydrogen-bond donors (Lipinski definition) is 0. The first-order chi connectivity index (χ1) is 8.97. The molecular formula is C11H5Br2ClN2O3. The summed E-state index contributed by atoms with van der Waals surface area (Å²) in [4.78, 5) is 14.1. The van der Waals surface area contributed by atoms with Crippen LogP contribution in [0.2, 0.25) is 5.02 Å². The Bertz CT molecular complexity index is 652. The molecule has 0 spiro atoms. The zero-order valence-electron chi connectivity index (χ0n) is 9.14. The maximum Gasteiger partial charge on any atom is 0.288 e. The van der Waals surface area contributed by atoms with E-state index in [1.54, 1.807) is 12.3 Å².